The maximum absolute atomic E-state index is 12.3. The Hall–Kier alpha value is -2.09. The molecule has 0 aliphatic carbocycles. The highest BCUT2D eigenvalue weighted by atomic mass is 19.4. The molecule has 8 heteroatoms. The Morgan fingerprint density at radius 3 is 2.40 bits per heavy atom. The molecule has 0 aliphatic rings. The first-order valence-corrected chi connectivity index (χ1v) is 8.02. The Balaban J connectivity index is 2.54. The lowest BCUT2D eigenvalue weighted by molar-refractivity contribution is -0.173. The number of rotatable bonds is 9. The highest BCUT2D eigenvalue weighted by Gasteiger charge is 2.28. The van der Waals surface area contributed by atoms with Gasteiger partial charge in [-0.1, -0.05) is 38.5 Å². The molecular formula is C17H23F3N2O3. The maximum Gasteiger partial charge on any atom is 0.411 e. The zero-order valence-corrected chi connectivity index (χ0v) is 14.2. The van der Waals surface area contributed by atoms with E-state index in [1.807, 2.05) is 13.8 Å². The van der Waals surface area contributed by atoms with Gasteiger partial charge in [0.05, 0.1) is 6.61 Å². The zero-order chi connectivity index (χ0) is 18.9. The number of ether oxygens (including phenoxy) is 1. The number of amides is 2. The van der Waals surface area contributed by atoms with Crippen molar-refractivity contribution in [3.63, 3.8) is 0 Å². The van der Waals surface area contributed by atoms with Crippen LogP contribution in [0.4, 0.5) is 13.2 Å². The molecule has 0 saturated heterocycles. The van der Waals surface area contributed by atoms with Crippen LogP contribution < -0.4 is 10.6 Å². The van der Waals surface area contributed by atoms with Crippen LogP contribution in [0.1, 0.15) is 30.6 Å². The Morgan fingerprint density at radius 2 is 1.84 bits per heavy atom. The van der Waals surface area contributed by atoms with Crippen LogP contribution in [0.25, 0.3) is 0 Å². The third-order valence-electron chi connectivity index (χ3n) is 3.63. The molecule has 2 unspecified atom stereocenters. The van der Waals surface area contributed by atoms with Gasteiger partial charge >= 0.3 is 6.18 Å². The largest absolute Gasteiger partial charge is 0.411 e. The van der Waals surface area contributed by atoms with Crippen molar-refractivity contribution in [3.05, 3.63) is 35.9 Å². The van der Waals surface area contributed by atoms with Gasteiger partial charge in [0, 0.05) is 12.1 Å². The lowest BCUT2D eigenvalue weighted by Gasteiger charge is -2.23. The second-order valence-corrected chi connectivity index (χ2v) is 5.66. The predicted molar refractivity (Wildman–Crippen MR) is 87.0 cm³/mol. The van der Waals surface area contributed by atoms with E-state index in [9.17, 15) is 22.8 Å². The molecule has 0 heterocycles. The molecule has 2 atom stereocenters. The first kappa shape index (κ1) is 21.0. The van der Waals surface area contributed by atoms with Gasteiger partial charge in [0.2, 0.25) is 5.91 Å². The Morgan fingerprint density at radius 1 is 1.20 bits per heavy atom. The van der Waals surface area contributed by atoms with Gasteiger partial charge in [-0.3, -0.25) is 9.59 Å². The van der Waals surface area contributed by atoms with Gasteiger partial charge in [-0.2, -0.15) is 13.2 Å². The lowest BCUT2D eigenvalue weighted by atomic mass is 9.98. The van der Waals surface area contributed by atoms with Crippen LogP contribution in [-0.4, -0.2) is 43.8 Å². The smallest absolute Gasteiger partial charge is 0.370 e. The van der Waals surface area contributed by atoms with Crippen LogP contribution in [0.15, 0.2) is 30.3 Å². The Kier molecular flexibility index (Phi) is 8.40. The van der Waals surface area contributed by atoms with E-state index in [-0.39, 0.29) is 25.0 Å². The fraction of sp³-hybridized carbons (Fsp3) is 0.529. The van der Waals surface area contributed by atoms with E-state index in [1.165, 1.54) is 0 Å². The van der Waals surface area contributed by atoms with E-state index < -0.39 is 24.7 Å². The van der Waals surface area contributed by atoms with Crippen LogP contribution in [0, 0.1) is 5.92 Å². The van der Waals surface area contributed by atoms with Crippen LogP contribution in [0.5, 0.6) is 0 Å². The molecule has 2 N–H and O–H groups in total. The van der Waals surface area contributed by atoms with Gasteiger partial charge in [-0.25, -0.2) is 0 Å². The first-order valence-electron chi connectivity index (χ1n) is 8.02. The fourth-order valence-electron chi connectivity index (χ4n) is 2.06. The molecule has 2 amide bonds. The molecule has 1 aromatic carbocycles. The van der Waals surface area contributed by atoms with Crippen LogP contribution in [0.2, 0.25) is 0 Å². The molecule has 0 aromatic heterocycles. The molecule has 1 rings (SSSR count). The van der Waals surface area contributed by atoms with E-state index in [4.69, 9.17) is 0 Å². The molecule has 0 fully saturated rings. The summed E-state index contributed by atoms with van der Waals surface area (Å²) < 4.78 is 40.3. The van der Waals surface area contributed by atoms with Crippen LogP contribution in [0.3, 0.4) is 0 Å². The molecule has 0 saturated carbocycles. The van der Waals surface area contributed by atoms with Crippen molar-refractivity contribution in [1.29, 1.82) is 0 Å². The molecule has 0 bridgehead atoms. The topological polar surface area (TPSA) is 67.4 Å². The number of alkyl halides is 3. The average Bonchev–Trinajstić information content (AvgIpc) is 2.58. The number of hydrogen-bond acceptors (Lipinski definition) is 3. The highest BCUT2D eigenvalue weighted by Crippen LogP contribution is 2.14. The molecule has 0 aliphatic heterocycles. The van der Waals surface area contributed by atoms with E-state index in [0.717, 1.165) is 0 Å². The van der Waals surface area contributed by atoms with Crippen LogP contribution >= 0.6 is 0 Å². The van der Waals surface area contributed by atoms with Crippen molar-refractivity contribution in [2.75, 3.05) is 19.8 Å². The number of benzene rings is 1. The Bertz CT molecular complexity index is 550. The molecule has 5 nitrogen and oxygen atoms in total. The van der Waals surface area contributed by atoms with Crippen molar-refractivity contribution < 1.29 is 27.5 Å². The number of carbonyl (C=O) groups excluding carboxylic acids is 2. The minimum atomic E-state index is -4.40. The SMILES string of the molecule is CCC(C)C(NC(=O)c1ccccc1)C(=O)NCCOCC(F)(F)F. The third kappa shape index (κ3) is 8.02. The van der Waals surface area contributed by atoms with Gasteiger partial charge in [-0.15, -0.1) is 0 Å². The minimum Gasteiger partial charge on any atom is -0.370 e. The summed E-state index contributed by atoms with van der Waals surface area (Å²) in [7, 11) is 0. The number of hydrogen-bond donors (Lipinski definition) is 2. The second-order valence-electron chi connectivity index (χ2n) is 5.66. The second kappa shape index (κ2) is 10.0. The van der Waals surface area contributed by atoms with Crippen LogP contribution in [-0.2, 0) is 9.53 Å². The highest BCUT2D eigenvalue weighted by molar-refractivity contribution is 5.97. The molecule has 25 heavy (non-hydrogen) atoms. The van der Waals surface area contributed by atoms with E-state index in [2.05, 4.69) is 15.4 Å². The fourth-order valence-corrected chi connectivity index (χ4v) is 2.06. The molecule has 0 spiro atoms. The normalized spacial score (nSPS) is 13.8. The number of carbonyl (C=O) groups is 2. The van der Waals surface area contributed by atoms with Crippen molar-refractivity contribution in [1.82, 2.24) is 10.6 Å². The van der Waals surface area contributed by atoms with Gasteiger partial charge < -0.3 is 15.4 Å². The monoisotopic (exact) mass is 360 g/mol. The predicted octanol–water partition coefficient (Wildman–Crippen LogP) is 2.53. The zero-order valence-electron chi connectivity index (χ0n) is 14.2. The van der Waals surface area contributed by atoms with Gasteiger partial charge in [0.15, 0.2) is 0 Å². The van der Waals surface area contributed by atoms with Gasteiger partial charge in [-0.05, 0) is 18.1 Å². The summed E-state index contributed by atoms with van der Waals surface area (Å²) in [6.45, 7) is 2.01. The molecule has 1 aromatic rings. The molecular weight excluding hydrogens is 337 g/mol. The molecule has 0 radical (unpaired) electrons. The Labute approximate surface area is 144 Å². The number of nitrogens with one attached hydrogen (secondary N) is 2. The third-order valence-corrected chi connectivity index (χ3v) is 3.63. The van der Waals surface area contributed by atoms with E-state index in [1.54, 1.807) is 30.3 Å². The summed E-state index contributed by atoms with van der Waals surface area (Å²) in [5.41, 5.74) is 0.428. The summed E-state index contributed by atoms with van der Waals surface area (Å²) in [5.74, 6) is -0.965. The maximum atomic E-state index is 12.3. The van der Waals surface area contributed by atoms with Gasteiger partial charge in [0.1, 0.15) is 12.6 Å². The number of halogens is 3. The van der Waals surface area contributed by atoms with Crippen molar-refractivity contribution in [3.8, 4) is 0 Å². The minimum absolute atomic E-state index is 0.0664. The lowest BCUT2D eigenvalue weighted by Crippen LogP contribution is -2.50. The molecule has 140 valence electrons. The quantitative estimate of drug-likeness (QED) is 0.665. The standard InChI is InChI=1S/C17H23F3N2O3/c1-3-12(2)14(22-15(23)13-7-5-4-6-8-13)16(24)21-9-10-25-11-17(18,19)20/h4-8,12,14H,3,9-11H2,1-2H3,(H,21,24)(H,22,23). The average molecular weight is 360 g/mol. The van der Waals surface area contributed by atoms with Gasteiger partial charge in [0.25, 0.3) is 5.91 Å². The summed E-state index contributed by atoms with van der Waals surface area (Å²) in [6, 6.07) is 7.69. The summed E-state index contributed by atoms with van der Waals surface area (Å²) in [6.07, 6.45) is -3.75. The summed E-state index contributed by atoms with van der Waals surface area (Å²) in [4.78, 5) is 24.5. The first-order chi connectivity index (χ1) is 11.7. The van der Waals surface area contributed by atoms with E-state index >= 15 is 0 Å². The summed E-state index contributed by atoms with van der Waals surface area (Å²) >= 11 is 0. The van der Waals surface area contributed by atoms with Crippen molar-refractivity contribution in [2.45, 2.75) is 32.5 Å². The summed E-state index contributed by atoms with van der Waals surface area (Å²) in [5, 5.41) is 5.17. The van der Waals surface area contributed by atoms with E-state index in [0.29, 0.717) is 12.0 Å². The van der Waals surface area contributed by atoms with Crippen molar-refractivity contribution >= 4 is 11.8 Å². The van der Waals surface area contributed by atoms with Crippen molar-refractivity contribution in [2.24, 2.45) is 5.92 Å².